The summed E-state index contributed by atoms with van der Waals surface area (Å²) in [5, 5.41) is 9.26. The summed E-state index contributed by atoms with van der Waals surface area (Å²) >= 11 is 6.13. The molecule has 1 aromatic heterocycles. The van der Waals surface area contributed by atoms with E-state index in [0.717, 1.165) is 16.8 Å². The normalized spacial score (nSPS) is 15.0. The van der Waals surface area contributed by atoms with Crippen molar-refractivity contribution in [1.82, 2.24) is 9.55 Å². The van der Waals surface area contributed by atoms with Gasteiger partial charge in [0.1, 0.15) is 17.6 Å². The number of hydrogen-bond donors (Lipinski definition) is 0. The van der Waals surface area contributed by atoms with E-state index in [9.17, 15) is 10.1 Å². The Morgan fingerprint density at radius 2 is 1.84 bits per heavy atom. The van der Waals surface area contributed by atoms with Crippen molar-refractivity contribution in [3.8, 4) is 23.2 Å². The number of aromatic nitrogens is 2. The highest BCUT2D eigenvalue weighted by Gasteiger charge is 2.41. The second-order valence-corrected chi connectivity index (χ2v) is 9.49. The van der Waals surface area contributed by atoms with E-state index in [1.165, 1.54) is 11.0 Å². The molecule has 2 heterocycles. The monoisotopic (exact) mass is 514 g/mol. The van der Waals surface area contributed by atoms with Gasteiger partial charge in [0.05, 0.1) is 52.8 Å². The summed E-state index contributed by atoms with van der Waals surface area (Å²) in [5.41, 5.74) is 3.49. The van der Waals surface area contributed by atoms with E-state index in [1.807, 2.05) is 38.1 Å². The van der Waals surface area contributed by atoms with Crippen LogP contribution < -0.4 is 9.64 Å². The lowest BCUT2D eigenvalue weighted by atomic mass is 9.93. The zero-order valence-corrected chi connectivity index (χ0v) is 21.3. The highest BCUT2D eigenvalue weighted by Crippen LogP contribution is 2.44. The van der Waals surface area contributed by atoms with Gasteiger partial charge in [-0.25, -0.2) is 9.37 Å². The molecule has 0 fully saturated rings. The van der Waals surface area contributed by atoms with Gasteiger partial charge in [0.15, 0.2) is 5.82 Å². The van der Waals surface area contributed by atoms with E-state index in [4.69, 9.17) is 21.3 Å². The molecule has 0 aliphatic carbocycles. The number of anilines is 1. The van der Waals surface area contributed by atoms with Gasteiger partial charge in [-0.2, -0.15) is 5.26 Å². The fourth-order valence-corrected chi connectivity index (χ4v) is 5.12. The molecule has 1 amide bonds. The third-order valence-electron chi connectivity index (χ3n) is 6.54. The minimum absolute atomic E-state index is 0.00403. The molecule has 1 unspecified atom stereocenters. The van der Waals surface area contributed by atoms with Gasteiger partial charge in [-0.3, -0.25) is 9.69 Å². The number of halogens is 2. The van der Waals surface area contributed by atoms with Crippen molar-refractivity contribution < 1.29 is 13.9 Å². The van der Waals surface area contributed by atoms with E-state index in [0.29, 0.717) is 22.8 Å². The number of imidazole rings is 1. The number of fused-ring (bicyclic) bond motifs is 1. The Morgan fingerprint density at radius 3 is 2.51 bits per heavy atom. The standard InChI is InChI=1S/C29H24ClFN4O2/c1-17(2)34-28-22(33-29(34)20-7-4-5-10-24(20)37-3)15-25(36)35(23-9-6-8-21(30)26(23)31)27(28)19-13-11-18(16-32)12-14-19/h4-14,17,27H,15H2,1-3H3. The summed E-state index contributed by atoms with van der Waals surface area (Å²) in [6.07, 6.45) is -0.00403. The highest BCUT2D eigenvalue weighted by atomic mass is 35.5. The number of rotatable bonds is 5. The molecule has 0 spiro atoms. The molecule has 6 nitrogen and oxygen atoms in total. The van der Waals surface area contributed by atoms with Crippen LogP contribution in [-0.2, 0) is 11.2 Å². The number of hydrogen-bond acceptors (Lipinski definition) is 4. The molecule has 8 heteroatoms. The van der Waals surface area contributed by atoms with Gasteiger partial charge in [0, 0.05) is 6.04 Å². The Balaban J connectivity index is 1.82. The predicted octanol–water partition coefficient (Wildman–Crippen LogP) is 6.48. The predicted molar refractivity (Wildman–Crippen MR) is 140 cm³/mol. The maximum Gasteiger partial charge on any atom is 0.234 e. The first kappa shape index (κ1) is 24.5. The Kier molecular flexibility index (Phi) is 6.45. The van der Waals surface area contributed by atoms with Crippen molar-refractivity contribution in [3.63, 3.8) is 0 Å². The molecule has 0 saturated carbocycles. The average Bonchev–Trinajstić information content (AvgIpc) is 3.28. The zero-order chi connectivity index (χ0) is 26.3. The first-order chi connectivity index (χ1) is 17.8. The number of nitriles is 1. The number of carbonyl (C=O) groups excluding carboxylic acids is 1. The molecule has 1 aliphatic heterocycles. The van der Waals surface area contributed by atoms with Gasteiger partial charge in [0.25, 0.3) is 0 Å². The van der Waals surface area contributed by atoms with Crippen LogP contribution in [0.4, 0.5) is 10.1 Å². The molecule has 0 saturated heterocycles. The number of methoxy groups -OCH3 is 1. The molecule has 37 heavy (non-hydrogen) atoms. The van der Waals surface area contributed by atoms with Crippen LogP contribution >= 0.6 is 11.6 Å². The van der Waals surface area contributed by atoms with Crippen LogP contribution in [0.25, 0.3) is 11.4 Å². The summed E-state index contributed by atoms with van der Waals surface area (Å²) in [4.78, 5) is 20.1. The molecule has 3 aromatic carbocycles. The van der Waals surface area contributed by atoms with E-state index >= 15 is 4.39 Å². The second-order valence-electron chi connectivity index (χ2n) is 9.08. The van der Waals surface area contributed by atoms with E-state index in [1.54, 1.807) is 43.5 Å². The molecule has 186 valence electrons. The molecule has 4 aromatic rings. The molecule has 1 aliphatic rings. The van der Waals surface area contributed by atoms with Gasteiger partial charge in [-0.15, -0.1) is 0 Å². The Morgan fingerprint density at radius 1 is 1.11 bits per heavy atom. The smallest absolute Gasteiger partial charge is 0.234 e. The average molecular weight is 515 g/mol. The number of ether oxygens (including phenoxy) is 1. The summed E-state index contributed by atoms with van der Waals surface area (Å²) in [5.74, 6) is 0.353. The van der Waals surface area contributed by atoms with Crippen LogP contribution in [0.2, 0.25) is 5.02 Å². The van der Waals surface area contributed by atoms with Crippen LogP contribution in [0.15, 0.2) is 66.7 Å². The van der Waals surface area contributed by atoms with Crippen LogP contribution in [-0.4, -0.2) is 22.6 Å². The molecule has 1 atom stereocenters. The molecule has 0 N–H and O–H groups in total. The topological polar surface area (TPSA) is 71.2 Å². The molecular formula is C29H24ClFN4O2. The largest absolute Gasteiger partial charge is 0.496 e. The van der Waals surface area contributed by atoms with Crippen LogP contribution in [0.1, 0.15) is 48.4 Å². The van der Waals surface area contributed by atoms with Gasteiger partial charge in [-0.1, -0.05) is 41.9 Å². The van der Waals surface area contributed by atoms with E-state index in [-0.39, 0.29) is 29.1 Å². The maximum absolute atomic E-state index is 15.4. The fraction of sp³-hybridized carbons (Fsp3) is 0.207. The SMILES string of the molecule is COc1ccccc1-c1nc2c(n1C(C)C)C(c1ccc(C#N)cc1)N(c1cccc(Cl)c1F)C(=O)C2. The third-order valence-corrected chi connectivity index (χ3v) is 6.83. The fourth-order valence-electron chi connectivity index (χ4n) is 4.95. The molecule has 5 rings (SSSR count). The summed E-state index contributed by atoms with van der Waals surface area (Å²) < 4.78 is 23.1. The van der Waals surface area contributed by atoms with Crippen molar-refractivity contribution in [1.29, 1.82) is 5.26 Å². The Bertz CT molecular complexity index is 1540. The number of carbonyl (C=O) groups is 1. The highest BCUT2D eigenvalue weighted by molar-refractivity contribution is 6.31. The van der Waals surface area contributed by atoms with Crippen molar-refractivity contribution in [3.05, 3.63) is 100 Å². The van der Waals surface area contributed by atoms with Crippen LogP contribution in [0.5, 0.6) is 5.75 Å². The molecule has 0 bridgehead atoms. The lowest BCUT2D eigenvalue weighted by molar-refractivity contribution is -0.118. The quantitative estimate of drug-likeness (QED) is 0.305. The van der Waals surface area contributed by atoms with Gasteiger partial charge < -0.3 is 9.30 Å². The van der Waals surface area contributed by atoms with Crippen molar-refractivity contribution in [2.75, 3.05) is 12.0 Å². The minimum atomic E-state index is -0.699. The van der Waals surface area contributed by atoms with E-state index in [2.05, 4.69) is 10.6 Å². The first-order valence-electron chi connectivity index (χ1n) is 11.9. The number of nitrogens with zero attached hydrogens (tertiary/aromatic N) is 4. The summed E-state index contributed by atoms with van der Waals surface area (Å²) in [6, 6.07) is 20.6. The number of para-hydroxylation sites is 1. The maximum atomic E-state index is 15.4. The van der Waals surface area contributed by atoms with Gasteiger partial charge >= 0.3 is 0 Å². The number of amides is 1. The zero-order valence-electron chi connectivity index (χ0n) is 20.6. The van der Waals surface area contributed by atoms with Gasteiger partial charge in [-0.05, 0) is 55.8 Å². The summed E-state index contributed by atoms with van der Waals surface area (Å²) in [6.45, 7) is 4.08. The first-order valence-corrected chi connectivity index (χ1v) is 12.2. The third kappa shape index (κ3) is 4.13. The lowest BCUT2D eigenvalue weighted by Crippen LogP contribution is -2.42. The second kappa shape index (κ2) is 9.72. The van der Waals surface area contributed by atoms with Crippen LogP contribution in [0, 0.1) is 17.1 Å². The molecular weight excluding hydrogens is 491 g/mol. The number of benzene rings is 3. The minimum Gasteiger partial charge on any atom is -0.496 e. The molecule has 0 radical (unpaired) electrons. The Labute approximate surface area is 219 Å². The Hall–Kier alpha value is -4.15. The van der Waals surface area contributed by atoms with E-state index < -0.39 is 11.9 Å². The van der Waals surface area contributed by atoms with Gasteiger partial charge in [0.2, 0.25) is 5.91 Å². The lowest BCUT2D eigenvalue weighted by Gasteiger charge is -2.37. The van der Waals surface area contributed by atoms with Crippen molar-refractivity contribution in [2.45, 2.75) is 32.4 Å². The van der Waals surface area contributed by atoms with Crippen molar-refractivity contribution in [2.24, 2.45) is 0 Å². The summed E-state index contributed by atoms with van der Waals surface area (Å²) in [7, 11) is 1.61. The van der Waals surface area contributed by atoms with Crippen molar-refractivity contribution >= 4 is 23.2 Å². The van der Waals surface area contributed by atoms with Crippen LogP contribution in [0.3, 0.4) is 0 Å².